The van der Waals surface area contributed by atoms with Gasteiger partial charge in [0.05, 0.1) is 23.6 Å². The molecule has 8 heteroatoms. The predicted molar refractivity (Wildman–Crippen MR) is 123 cm³/mol. The summed E-state index contributed by atoms with van der Waals surface area (Å²) in [6, 6.07) is 17.9. The molecule has 0 saturated carbocycles. The molecule has 0 spiro atoms. The first-order valence-corrected chi connectivity index (χ1v) is 11.1. The van der Waals surface area contributed by atoms with Crippen molar-refractivity contribution in [2.75, 3.05) is 0 Å². The summed E-state index contributed by atoms with van der Waals surface area (Å²) < 4.78 is 1.85. The molecule has 2 heterocycles. The van der Waals surface area contributed by atoms with Crippen LogP contribution < -0.4 is 10.6 Å². The number of para-hydroxylation sites is 2. The second kappa shape index (κ2) is 9.32. The Labute approximate surface area is 188 Å². The highest BCUT2D eigenvalue weighted by Crippen LogP contribution is 2.21. The fourth-order valence-electron chi connectivity index (χ4n) is 3.34. The Morgan fingerprint density at radius 3 is 2.61 bits per heavy atom. The SMILES string of the molecule is CC(NC(=O)c1ccc(Cl)cc1)c1nc2ccccc2n1CC(=O)NCc1cccs1. The van der Waals surface area contributed by atoms with Crippen LogP contribution in [-0.4, -0.2) is 21.4 Å². The van der Waals surface area contributed by atoms with Gasteiger partial charge in [-0.2, -0.15) is 0 Å². The number of benzene rings is 2. The molecule has 0 aliphatic carbocycles. The maximum Gasteiger partial charge on any atom is 0.251 e. The van der Waals surface area contributed by atoms with E-state index in [9.17, 15) is 9.59 Å². The molecular weight excluding hydrogens is 432 g/mol. The molecule has 0 saturated heterocycles. The van der Waals surface area contributed by atoms with Crippen LogP contribution in [0.25, 0.3) is 11.0 Å². The molecule has 6 nitrogen and oxygen atoms in total. The Hall–Kier alpha value is -3.16. The van der Waals surface area contributed by atoms with Crippen molar-refractivity contribution >= 4 is 45.8 Å². The molecule has 1 atom stereocenters. The maximum atomic E-state index is 12.7. The maximum absolute atomic E-state index is 12.7. The number of hydrogen-bond donors (Lipinski definition) is 2. The van der Waals surface area contributed by atoms with Crippen LogP contribution in [0.15, 0.2) is 66.0 Å². The van der Waals surface area contributed by atoms with Crippen LogP contribution >= 0.6 is 22.9 Å². The van der Waals surface area contributed by atoms with Crippen molar-refractivity contribution in [3.05, 3.63) is 87.3 Å². The van der Waals surface area contributed by atoms with E-state index >= 15 is 0 Å². The monoisotopic (exact) mass is 452 g/mol. The molecule has 0 radical (unpaired) electrons. The van der Waals surface area contributed by atoms with Crippen LogP contribution in [-0.2, 0) is 17.9 Å². The number of imidazole rings is 1. The number of carbonyl (C=O) groups excluding carboxylic acids is 2. The Balaban J connectivity index is 1.54. The first-order valence-electron chi connectivity index (χ1n) is 9.82. The Morgan fingerprint density at radius 2 is 1.87 bits per heavy atom. The molecule has 0 aliphatic rings. The lowest BCUT2D eigenvalue weighted by molar-refractivity contribution is -0.121. The lowest BCUT2D eigenvalue weighted by Crippen LogP contribution is -2.31. The number of thiophene rings is 1. The lowest BCUT2D eigenvalue weighted by atomic mass is 10.2. The standard InChI is InChI=1S/C23H21ClN4O2S/c1-15(26-23(30)16-8-10-17(24)11-9-16)22-27-19-6-2-3-7-20(19)28(22)14-21(29)25-13-18-5-4-12-31-18/h2-12,15H,13-14H2,1H3,(H,25,29)(H,26,30). The highest BCUT2D eigenvalue weighted by molar-refractivity contribution is 7.09. The quantitative estimate of drug-likeness (QED) is 0.431. The molecule has 0 fully saturated rings. The first-order chi connectivity index (χ1) is 15.0. The fraction of sp³-hybridized carbons (Fsp3) is 0.174. The number of rotatable bonds is 7. The third kappa shape index (κ3) is 4.95. The van der Waals surface area contributed by atoms with Gasteiger partial charge in [0.1, 0.15) is 12.4 Å². The van der Waals surface area contributed by atoms with Crippen molar-refractivity contribution in [3.8, 4) is 0 Å². The zero-order valence-electron chi connectivity index (χ0n) is 16.8. The Kier molecular flexibility index (Phi) is 6.34. The van der Waals surface area contributed by atoms with E-state index in [4.69, 9.17) is 11.6 Å². The minimum Gasteiger partial charge on any atom is -0.350 e. The summed E-state index contributed by atoms with van der Waals surface area (Å²) in [6.07, 6.45) is 0. The molecule has 2 aromatic carbocycles. The van der Waals surface area contributed by atoms with Gasteiger partial charge in [-0.3, -0.25) is 9.59 Å². The van der Waals surface area contributed by atoms with Gasteiger partial charge in [-0.05, 0) is 54.8 Å². The molecule has 0 aliphatic heterocycles. The smallest absolute Gasteiger partial charge is 0.251 e. The van der Waals surface area contributed by atoms with Crippen molar-refractivity contribution in [2.45, 2.75) is 26.1 Å². The number of carbonyl (C=O) groups is 2. The molecular formula is C23H21ClN4O2S. The second-order valence-electron chi connectivity index (χ2n) is 7.10. The Bertz CT molecular complexity index is 1200. The average molecular weight is 453 g/mol. The van der Waals surface area contributed by atoms with Gasteiger partial charge in [0, 0.05) is 15.5 Å². The zero-order valence-corrected chi connectivity index (χ0v) is 18.4. The number of aromatic nitrogens is 2. The van der Waals surface area contributed by atoms with Crippen LogP contribution in [0.4, 0.5) is 0 Å². The number of hydrogen-bond acceptors (Lipinski definition) is 4. The molecule has 1 unspecified atom stereocenters. The van der Waals surface area contributed by atoms with E-state index in [1.54, 1.807) is 35.6 Å². The number of fused-ring (bicyclic) bond motifs is 1. The van der Waals surface area contributed by atoms with E-state index in [1.165, 1.54) is 0 Å². The van der Waals surface area contributed by atoms with Crippen molar-refractivity contribution < 1.29 is 9.59 Å². The summed E-state index contributed by atoms with van der Waals surface area (Å²) in [6.45, 7) is 2.46. The summed E-state index contributed by atoms with van der Waals surface area (Å²) in [5.74, 6) is 0.272. The van der Waals surface area contributed by atoms with Gasteiger partial charge in [-0.1, -0.05) is 29.8 Å². The van der Waals surface area contributed by atoms with Gasteiger partial charge in [0.25, 0.3) is 5.91 Å². The van der Waals surface area contributed by atoms with Gasteiger partial charge < -0.3 is 15.2 Å². The van der Waals surface area contributed by atoms with E-state index in [-0.39, 0.29) is 18.4 Å². The third-order valence-corrected chi connectivity index (χ3v) is 6.00. The normalized spacial score (nSPS) is 11.9. The van der Waals surface area contributed by atoms with Crippen LogP contribution in [0.2, 0.25) is 5.02 Å². The topological polar surface area (TPSA) is 76.0 Å². The molecule has 2 aromatic heterocycles. The van der Waals surface area contributed by atoms with Crippen molar-refractivity contribution in [1.82, 2.24) is 20.2 Å². The third-order valence-electron chi connectivity index (χ3n) is 4.87. The first kappa shape index (κ1) is 21.1. The molecule has 31 heavy (non-hydrogen) atoms. The zero-order chi connectivity index (χ0) is 21.8. The predicted octanol–water partition coefficient (Wildman–Crippen LogP) is 4.56. The summed E-state index contributed by atoms with van der Waals surface area (Å²) >= 11 is 7.51. The van der Waals surface area contributed by atoms with Crippen LogP contribution in [0.3, 0.4) is 0 Å². The van der Waals surface area contributed by atoms with E-state index < -0.39 is 6.04 Å². The largest absolute Gasteiger partial charge is 0.350 e. The lowest BCUT2D eigenvalue weighted by Gasteiger charge is -2.16. The van der Waals surface area contributed by atoms with Crippen LogP contribution in [0.1, 0.15) is 34.0 Å². The van der Waals surface area contributed by atoms with Gasteiger partial charge in [0.15, 0.2) is 0 Å². The summed E-state index contributed by atoms with van der Waals surface area (Å²) in [5.41, 5.74) is 2.13. The van der Waals surface area contributed by atoms with Crippen molar-refractivity contribution in [2.24, 2.45) is 0 Å². The van der Waals surface area contributed by atoms with Gasteiger partial charge in [-0.25, -0.2) is 4.98 Å². The summed E-state index contributed by atoms with van der Waals surface area (Å²) in [7, 11) is 0. The van der Waals surface area contributed by atoms with Gasteiger partial charge in [-0.15, -0.1) is 11.3 Å². The molecule has 4 rings (SSSR count). The average Bonchev–Trinajstić information content (AvgIpc) is 3.41. The van der Waals surface area contributed by atoms with Crippen molar-refractivity contribution in [3.63, 3.8) is 0 Å². The highest BCUT2D eigenvalue weighted by atomic mass is 35.5. The second-order valence-corrected chi connectivity index (χ2v) is 8.57. The van der Waals surface area contributed by atoms with Gasteiger partial charge >= 0.3 is 0 Å². The minimum absolute atomic E-state index is 0.113. The van der Waals surface area contributed by atoms with E-state index in [0.717, 1.165) is 15.9 Å². The number of amides is 2. The molecule has 4 aromatic rings. The minimum atomic E-state index is -0.402. The Morgan fingerprint density at radius 1 is 1.10 bits per heavy atom. The van der Waals surface area contributed by atoms with Crippen LogP contribution in [0, 0.1) is 0 Å². The summed E-state index contributed by atoms with van der Waals surface area (Å²) in [4.78, 5) is 31.1. The number of nitrogens with one attached hydrogen (secondary N) is 2. The van der Waals surface area contributed by atoms with Crippen molar-refractivity contribution in [1.29, 1.82) is 0 Å². The number of halogens is 1. The van der Waals surface area contributed by atoms with Crippen LogP contribution in [0.5, 0.6) is 0 Å². The van der Waals surface area contributed by atoms with Gasteiger partial charge in [0.2, 0.25) is 5.91 Å². The molecule has 0 bridgehead atoms. The number of nitrogens with zero attached hydrogens (tertiary/aromatic N) is 2. The highest BCUT2D eigenvalue weighted by Gasteiger charge is 2.20. The fourth-order valence-corrected chi connectivity index (χ4v) is 4.11. The molecule has 2 N–H and O–H groups in total. The van der Waals surface area contributed by atoms with E-state index in [1.807, 2.05) is 53.3 Å². The van der Waals surface area contributed by atoms with E-state index in [2.05, 4.69) is 15.6 Å². The van der Waals surface area contributed by atoms with E-state index in [0.29, 0.717) is 23.0 Å². The molecule has 2 amide bonds. The molecule has 158 valence electrons. The summed E-state index contributed by atoms with van der Waals surface area (Å²) in [5, 5.41) is 8.46.